The number of H-pyrrole nitrogens is 1. The lowest BCUT2D eigenvalue weighted by Gasteiger charge is -2.05. The summed E-state index contributed by atoms with van der Waals surface area (Å²) in [5.74, 6) is -0.689. The van der Waals surface area contributed by atoms with Gasteiger partial charge in [-0.15, -0.1) is 10.2 Å². The Bertz CT molecular complexity index is 918. The highest BCUT2D eigenvalue weighted by atomic mass is 32.1. The number of amides is 2. The molecule has 0 aliphatic rings. The summed E-state index contributed by atoms with van der Waals surface area (Å²) in [4.78, 5) is 26.8. The molecule has 3 rings (SSSR count). The number of hydrogen-bond donors (Lipinski definition) is 3. The van der Waals surface area contributed by atoms with Crippen molar-refractivity contribution >= 4 is 39.2 Å². The molecule has 0 atom stereocenters. The fourth-order valence-corrected chi connectivity index (χ4v) is 2.97. The second-order valence-corrected chi connectivity index (χ2v) is 6.49. The summed E-state index contributed by atoms with van der Waals surface area (Å²) in [7, 11) is 1.62. The Kier molecular flexibility index (Phi) is 4.94. The molecule has 2 aromatic heterocycles. The summed E-state index contributed by atoms with van der Waals surface area (Å²) < 4.78 is 5.23. The number of carbonyl (C=O) groups excluding carboxylic acids is 2. The maximum Gasteiger partial charge on any atom is 0.315 e. The number of nitrogens with one attached hydrogen (secondary N) is 3. The molecule has 0 aliphatic heterocycles. The first-order valence-corrected chi connectivity index (χ1v) is 8.42. The van der Waals surface area contributed by atoms with Crippen LogP contribution in [0.1, 0.15) is 10.6 Å². The molecule has 0 saturated carbocycles. The number of aromatic nitrogens is 3. The molecule has 0 radical (unpaired) electrons. The van der Waals surface area contributed by atoms with Crippen LogP contribution in [-0.2, 0) is 16.0 Å². The van der Waals surface area contributed by atoms with Gasteiger partial charge in [0.1, 0.15) is 10.8 Å². The van der Waals surface area contributed by atoms with Crippen LogP contribution in [0.15, 0.2) is 24.4 Å². The summed E-state index contributed by atoms with van der Waals surface area (Å²) in [5, 5.41) is 14.6. The van der Waals surface area contributed by atoms with Crippen LogP contribution in [0.5, 0.6) is 5.75 Å². The van der Waals surface area contributed by atoms with Crippen LogP contribution < -0.4 is 15.4 Å². The molecule has 9 heteroatoms. The van der Waals surface area contributed by atoms with Crippen LogP contribution in [0.3, 0.4) is 0 Å². The van der Waals surface area contributed by atoms with Crippen LogP contribution in [0, 0.1) is 6.92 Å². The van der Waals surface area contributed by atoms with E-state index in [4.69, 9.17) is 4.74 Å². The number of anilines is 1. The van der Waals surface area contributed by atoms with Gasteiger partial charge in [0.2, 0.25) is 5.13 Å². The summed E-state index contributed by atoms with van der Waals surface area (Å²) in [6.07, 6.45) is 2.48. The second kappa shape index (κ2) is 7.31. The van der Waals surface area contributed by atoms with Gasteiger partial charge < -0.3 is 15.0 Å². The number of fused-ring (bicyclic) bond motifs is 1. The molecule has 25 heavy (non-hydrogen) atoms. The minimum Gasteiger partial charge on any atom is -0.497 e. The molecule has 8 nitrogen and oxygen atoms in total. The van der Waals surface area contributed by atoms with Gasteiger partial charge in [0.25, 0.3) is 0 Å². The summed E-state index contributed by atoms with van der Waals surface area (Å²) in [5.41, 5.74) is 2.03. The average Bonchev–Trinajstić information content (AvgIpc) is 3.20. The van der Waals surface area contributed by atoms with E-state index in [1.54, 1.807) is 14.0 Å². The van der Waals surface area contributed by atoms with E-state index in [0.29, 0.717) is 23.1 Å². The Labute approximate surface area is 147 Å². The average molecular weight is 359 g/mol. The zero-order chi connectivity index (χ0) is 17.8. The number of carbonyl (C=O) groups is 2. The highest BCUT2D eigenvalue weighted by molar-refractivity contribution is 7.15. The van der Waals surface area contributed by atoms with Gasteiger partial charge in [-0.1, -0.05) is 11.3 Å². The Morgan fingerprint density at radius 2 is 2.12 bits per heavy atom. The van der Waals surface area contributed by atoms with Crippen LogP contribution >= 0.6 is 11.3 Å². The maximum atomic E-state index is 11.9. The predicted molar refractivity (Wildman–Crippen MR) is 94.8 cm³/mol. The molecule has 130 valence electrons. The largest absolute Gasteiger partial charge is 0.497 e. The standard InChI is InChI=1S/C16H17N5O3S/c1-9-20-21-16(25-9)19-15(23)14(22)17-6-5-10-8-18-13-4-3-11(24-2)7-12(10)13/h3-4,7-8,18H,5-6H2,1-2H3,(H,17,22)(H,19,21,23). The third-order valence-electron chi connectivity index (χ3n) is 3.61. The molecule has 0 fully saturated rings. The fraction of sp³-hybridized carbons (Fsp3) is 0.250. The normalized spacial score (nSPS) is 10.6. The van der Waals surface area contributed by atoms with Crippen molar-refractivity contribution < 1.29 is 14.3 Å². The van der Waals surface area contributed by atoms with Crippen molar-refractivity contribution in [3.63, 3.8) is 0 Å². The zero-order valence-corrected chi connectivity index (χ0v) is 14.6. The van der Waals surface area contributed by atoms with Gasteiger partial charge in [-0.05, 0) is 37.1 Å². The maximum absolute atomic E-state index is 11.9. The Hall–Kier alpha value is -2.94. The lowest BCUT2D eigenvalue weighted by atomic mass is 10.1. The Morgan fingerprint density at radius 3 is 2.84 bits per heavy atom. The minimum absolute atomic E-state index is 0.307. The van der Waals surface area contributed by atoms with Crippen molar-refractivity contribution in [2.45, 2.75) is 13.3 Å². The molecule has 3 aromatic rings. The van der Waals surface area contributed by atoms with Crippen molar-refractivity contribution in [1.29, 1.82) is 0 Å². The van der Waals surface area contributed by atoms with E-state index in [1.165, 1.54) is 11.3 Å². The Morgan fingerprint density at radius 1 is 1.28 bits per heavy atom. The molecule has 1 aromatic carbocycles. The molecular weight excluding hydrogens is 342 g/mol. The van der Waals surface area contributed by atoms with E-state index >= 15 is 0 Å². The van der Waals surface area contributed by atoms with Crippen molar-refractivity contribution in [3.05, 3.63) is 35.0 Å². The molecule has 2 amide bonds. The van der Waals surface area contributed by atoms with E-state index in [1.807, 2.05) is 24.4 Å². The minimum atomic E-state index is -0.753. The molecule has 0 spiro atoms. The van der Waals surface area contributed by atoms with Crippen LogP contribution in [0.2, 0.25) is 0 Å². The SMILES string of the molecule is COc1ccc2[nH]cc(CCNC(=O)C(=O)Nc3nnc(C)s3)c2c1. The summed E-state index contributed by atoms with van der Waals surface area (Å²) in [6.45, 7) is 2.11. The first-order chi connectivity index (χ1) is 12.1. The van der Waals surface area contributed by atoms with Gasteiger partial charge in [0.15, 0.2) is 0 Å². The third kappa shape index (κ3) is 3.94. The number of benzene rings is 1. The molecule has 2 heterocycles. The number of aryl methyl sites for hydroxylation is 1. The first-order valence-electron chi connectivity index (χ1n) is 7.60. The molecule has 0 aliphatic carbocycles. The monoisotopic (exact) mass is 359 g/mol. The number of hydrogen-bond acceptors (Lipinski definition) is 6. The lowest BCUT2D eigenvalue weighted by Crippen LogP contribution is -2.36. The van der Waals surface area contributed by atoms with Crippen LogP contribution in [-0.4, -0.2) is 40.7 Å². The molecular formula is C16H17N5O3S. The summed E-state index contributed by atoms with van der Waals surface area (Å²) in [6, 6.07) is 5.76. The lowest BCUT2D eigenvalue weighted by molar-refractivity contribution is -0.136. The third-order valence-corrected chi connectivity index (χ3v) is 4.36. The number of methoxy groups -OCH3 is 1. The van der Waals surface area contributed by atoms with Gasteiger partial charge in [-0.25, -0.2) is 0 Å². The number of nitrogens with zero attached hydrogens (tertiary/aromatic N) is 2. The highest BCUT2D eigenvalue weighted by Gasteiger charge is 2.15. The van der Waals surface area contributed by atoms with E-state index < -0.39 is 11.8 Å². The fourth-order valence-electron chi connectivity index (χ4n) is 2.38. The molecule has 3 N–H and O–H groups in total. The van der Waals surface area contributed by atoms with E-state index in [2.05, 4.69) is 25.8 Å². The van der Waals surface area contributed by atoms with E-state index in [9.17, 15) is 9.59 Å². The van der Waals surface area contributed by atoms with Crippen LogP contribution in [0.25, 0.3) is 10.9 Å². The smallest absolute Gasteiger partial charge is 0.315 e. The summed E-state index contributed by atoms with van der Waals surface area (Å²) >= 11 is 1.21. The van der Waals surface area contributed by atoms with Gasteiger partial charge >= 0.3 is 11.8 Å². The number of ether oxygens (including phenoxy) is 1. The first kappa shape index (κ1) is 16.9. The molecule has 0 saturated heterocycles. The molecule has 0 unspecified atom stereocenters. The van der Waals surface area contributed by atoms with Gasteiger partial charge in [0, 0.05) is 23.6 Å². The zero-order valence-electron chi connectivity index (χ0n) is 13.8. The second-order valence-electron chi connectivity index (χ2n) is 5.31. The predicted octanol–water partition coefficient (Wildman–Crippen LogP) is 1.63. The quantitative estimate of drug-likeness (QED) is 0.600. The van der Waals surface area contributed by atoms with Crippen molar-refractivity contribution in [2.75, 3.05) is 19.0 Å². The van der Waals surface area contributed by atoms with Crippen molar-refractivity contribution in [1.82, 2.24) is 20.5 Å². The van der Waals surface area contributed by atoms with Gasteiger partial charge in [-0.2, -0.15) is 0 Å². The van der Waals surface area contributed by atoms with E-state index in [0.717, 1.165) is 22.2 Å². The van der Waals surface area contributed by atoms with Crippen LogP contribution in [0.4, 0.5) is 5.13 Å². The highest BCUT2D eigenvalue weighted by Crippen LogP contribution is 2.23. The van der Waals surface area contributed by atoms with Gasteiger partial charge in [0.05, 0.1) is 7.11 Å². The van der Waals surface area contributed by atoms with E-state index in [-0.39, 0.29) is 0 Å². The van der Waals surface area contributed by atoms with Crippen molar-refractivity contribution in [2.24, 2.45) is 0 Å². The number of rotatable bonds is 5. The van der Waals surface area contributed by atoms with Gasteiger partial charge in [-0.3, -0.25) is 14.9 Å². The Balaban J connectivity index is 1.55. The molecule has 0 bridgehead atoms. The number of aromatic amines is 1. The van der Waals surface area contributed by atoms with Crippen molar-refractivity contribution in [3.8, 4) is 5.75 Å². The topological polar surface area (TPSA) is 109 Å².